The topological polar surface area (TPSA) is 63.2 Å². The predicted octanol–water partition coefficient (Wildman–Crippen LogP) is 6.20. The fraction of sp³-hybridized carbons (Fsp3) is 0.111. The zero-order chi connectivity index (χ0) is 22.8. The van der Waals surface area contributed by atoms with E-state index < -0.39 is 35.6 Å². The van der Waals surface area contributed by atoms with Crippen LogP contribution in [0, 0.1) is 5.82 Å². The van der Waals surface area contributed by atoms with Gasteiger partial charge in [-0.05, 0) is 42.5 Å². The van der Waals surface area contributed by atoms with Gasteiger partial charge in [-0.15, -0.1) is 24.5 Å². The molecular formula is C18H10F7N3O2S. The number of carbonyl (C=O) groups is 1. The molecule has 5 nitrogen and oxygen atoms in total. The third kappa shape index (κ3) is 6.07. The van der Waals surface area contributed by atoms with Crippen molar-refractivity contribution in [1.82, 2.24) is 4.98 Å². The minimum atomic E-state index is -4.93. The van der Waals surface area contributed by atoms with Gasteiger partial charge in [-0.1, -0.05) is 0 Å². The Hall–Kier alpha value is -3.35. The number of aromatic nitrogens is 1. The predicted molar refractivity (Wildman–Crippen MR) is 97.9 cm³/mol. The number of nitrogens with zero attached hydrogens (tertiary/aromatic N) is 1. The number of hydrogen-bond acceptors (Lipinski definition) is 5. The number of anilines is 3. The number of hydrogen-bond donors (Lipinski definition) is 2. The first-order valence-corrected chi connectivity index (χ1v) is 9.05. The van der Waals surface area contributed by atoms with E-state index in [0.717, 1.165) is 29.5 Å². The Bertz CT molecular complexity index is 1080. The largest absolute Gasteiger partial charge is 0.573 e. The van der Waals surface area contributed by atoms with Crippen molar-refractivity contribution in [2.75, 3.05) is 10.6 Å². The summed E-state index contributed by atoms with van der Waals surface area (Å²) < 4.78 is 91.9. The summed E-state index contributed by atoms with van der Waals surface area (Å²) in [6, 6.07) is 6.74. The number of amides is 1. The highest BCUT2D eigenvalue weighted by Gasteiger charge is 2.34. The Labute approximate surface area is 173 Å². The molecule has 13 heteroatoms. The Morgan fingerprint density at radius 3 is 2.23 bits per heavy atom. The molecule has 0 atom stereocenters. The number of nitrogens with one attached hydrogen (secondary N) is 2. The molecule has 3 rings (SSSR count). The number of carbonyl (C=O) groups excluding carboxylic acids is 1. The van der Waals surface area contributed by atoms with Crippen LogP contribution < -0.4 is 15.4 Å². The summed E-state index contributed by atoms with van der Waals surface area (Å²) in [5.41, 5.74) is -1.59. The molecule has 0 fully saturated rings. The fourth-order valence-electron chi connectivity index (χ4n) is 2.31. The SMILES string of the molecule is O=C(Nc1ccc(F)c(C(F)(F)F)c1)c1csc(Nc2ccc(OC(F)(F)F)cc2)n1. The Morgan fingerprint density at radius 2 is 1.61 bits per heavy atom. The number of halogens is 7. The molecule has 3 aromatic rings. The first kappa shape index (κ1) is 22.3. The van der Waals surface area contributed by atoms with Crippen LogP contribution >= 0.6 is 11.3 Å². The van der Waals surface area contributed by atoms with Gasteiger partial charge in [0, 0.05) is 16.8 Å². The summed E-state index contributed by atoms with van der Waals surface area (Å²) in [5.74, 6) is -2.73. The van der Waals surface area contributed by atoms with Gasteiger partial charge in [-0.2, -0.15) is 13.2 Å². The highest BCUT2D eigenvalue weighted by molar-refractivity contribution is 7.14. The number of alkyl halides is 6. The molecular weight excluding hydrogens is 455 g/mol. The van der Waals surface area contributed by atoms with Gasteiger partial charge in [-0.3, -0.25) is 4.79 Å². The maximum atomic E-state index is 13.3. The minimum absolute atomic E-state index is 0.137. The van der Waals surface area contributed by atoms with Gasteiger partial charge in [0.2, 0.25) is 0 Å². The van der Waals surface area contributed by atoms with Crippen LogP contribution in [0.5, 0.6) is 5.75 Å². The fourth-order valence-corrected chi connectivity index (χ4v) is 3.03. The summed E-state index contributed by atoms with van der Waals surface area (Å²) in [7, 11) is 0. The van der Waals surface area contributed by atoms with Crippen molar-refractivity contribution in [3.63, 3.8) is 0 Å². The standard InChI is InChI=1S/C18H10F7N3O2S/c19-13-6-3-10(7-12(13)17(20,21)22)26-15(29)14-8-31-16(28-14)27-9-1-4-11(5-2-9)30-18(23,24)25/h1-8H,(H,26,29)(H,27,28). The molecule has 164 valence electrons. The zero-order valence-corrected chi connectivity index (χ0v) is 15.8. The monoisotopic (exact) mass is 465 g/mol. The Morgan fingerprint density at radius 1 is 0.968 bits per heavy atom. The van der Waals surface area contributed by atoms with Crippen molar-refractivity contribution in [2.45, 2.75) is 12.5 Å². The van der Waals surface area contributed by atoms with Gasteiger partial charge in [-0.25, -0.2) is 9.37 Å². The normalized spacial score (nSPS) is 11.8. The lowest BCUT2D eigenvalue weighted by molar-refractivity contribution is -0.274. The average molecular weight is 465 g/mol. The van der Waals surface area contributed by atoms with Crippen LogP contribution in [0.1, 0.15) is 16.1 Å². The first-order valence-electron chi connectivity index (χ1n) is 8.17. The van der Waals surface area contributed by atoms with E-state index in [-0.39, 0.29) is 16.5 Å². The van der Waals surface area contributed by atoms with Crippen molar-refractivity contribution in [2.24, 2.45) is 0 Å². The van der Waals surface area contributed by atoms with Crippen LogP contribution in [-0.4, -0.2) is 17.3 Å². The van der Waals surface area contributed by atoms with E-state index in [9.17, 15) is 35.5 Å². The molecule has 2 N–H and O–H groups in total. The number of rotatable bonds is 5. The molecule has 1 heterocycles. The summed E-state index contributed by atoms with van der Waals surface area (Å²) in [5, 5.41) is 6.47. The summed E-state index contributed by atoms with van der Waals surface area (Å²) in [6.45, 7) is 0. The van der Waals surface area contributed by atoms with Crippen molar-refractivity contribution in [3.8, 4) is 5.75 Å². The Kier molecular flexibility index (Phi) is 6.06. The van der Waals surface area contributed by atoms with E-state index >= 15 is 0 Å². The molecule has 0 unspecified atom stereocenters. The van der Waals surface area contributed by atoms with Gasteiger partial charge in [0.15, 0.2) is 5.13 Å². The number of ether oxygens (including phenoxy) is 1. The van der Waals surface area contributed by atoms with E-state index in [0.29, 0.717) is 17.8 Å². The van der Waals surface area contributed by atoms with E-state index in [1.165, 1.54) is 17.5 Å². The molecule has 0 saturated carbocycles. The van der Waals surface area contributed by atoms with Gasteiger partial charge in [0.05, 0.1) is 5.56 Å². The minimum Gasteiger partial charge on any atom is -0.406 e. The maximum Gasteiger partial charge on any atom is 0.573 e. The lowest BCUT2D eigenvalue weighted by atomic mass is 10.2. The van der Waals surface area contributed by atoms with Crippen LogP contribution in [0.25, 0.3) is 0 Å². The quantitative estimate of drug-likeness (QED) is 0.441. The second-order valence-electron chi connectivity index (χ2n) is 5.88. The van der Waals surface area contributed by atoms with Gasteiger partial charge < -0.3 is 15.4 Å². The smallest absolute Gasteiger partial charge is 0.406 e. The zero-order valence-electron chi connectivity index (χ0n) is 14.9. The number of thiazole rings is 1. The lowest BCUT2D eigenvalue weighted by Gasteiger charge is -2.10. The summed E-state index contributed by atoms with van der Waals surface area (Å²) >= 11 is 0.973. The van der Waals surface area contributed by atoms with Crippen molar-refractivity contribution < 1.29 is 40.3 Å². The van der Waals surface area contributed by atoms with Crippen molar-refractivity contribution in [1.29, 1.82) is 0 Å². The molecule has 0 saturated heterocycles. The van der Waals surface area contributed by atoms with Crippen molar-refractivity contribution >= 4 is 33.8 Å². The molecule has 1 amide bonds. The third-order valence-corrected chi connectivity index (χ3v) is 4.36. The molecule has 2 aromatic carbocycles. The van der Waals surface area contributed by atoms with E-state index in [4.69, 9.17) is 0 Å². The van der Waals surface area contributed by atoms with Crippen LogP contribution in [-0.2, 0) is 6.18 Å². The second kappa shape index (κ2) is 8.41. The van der Waals surface area contributed by atoms with Crippen LogP contribution in [0.15, 0.2) is 47.8 Å². The molecule has 0 bridgehead atoms. The Balaban J connectivity index is 1.66. The molecule has 31 heavy (non-hydrogen) atoms. The molecule has 0 radical (unpaired) electrons. The van der Waals surface area contributed by atoms with Gasteiger partial charge in [0.25, 0.3) is 5.91 Å². The van der Waals surface area contributed by atoms with Crippen LogP contribution in [0.4, 0.5) is 47.2 Å². The first-order chi connectivity index (χ1) is 14.4. The molecule has 1 aromatic heterocycles. The highest BCUT2D eigenvalue weighted by Crippen LogP contribution is 2.33. The molecule has 0 aliphatic heterocycles. The van der Waals surface area contributed by atoms with Gasteiger partial charge >= 0.3 is 12.5 Å². The van der Waals surface area contributed by atoms with Crippen molar-refractivity contribution in [3.05, 3.63) is 64.9 Å². The summed E-state index contributed by atoms with van der Waals surface area (Å²) in [4.78, 5) is 16.2. The summed E-state index contributed by atoms with van der Waals surface area (Å²) in [6.07, 6.45) is -9.75. The van der Waals surface area contributed by atoms with Crippen LogP contribution in [0.3, 0.4) is 0 Å². The highest BCUT2D eigenvalue weighted by atomic mass is 32.1. The van der Waals surface area contributed by atoms with Gasteiger partial charge in [0.1, 0.15) is 17.3 Å². The average Bonchev–Trinajstić information content (AvgIpc) is 3.11. The molecule has 0 aliphatic carbocycles. The maximum absolute atomic E-state index is 13.3. The molecule has 0 aliphatic rings. The van der Waals surface area contributed by atoms with E-state index in [1.54, 1.807) is 0 Å². The lowest BCUT2D eigenvalue weighted by Crippen LogP contribution is -2.16. The molecule has 0 spiro atoms. The van der Waals surface area contributed by atoms with Crippen LogP contribution in [0.2, 0.25) is 0 Å². The second-order valence-corrected chi connectivity index (χ2v) is 6.74. The van der Waals surface area contributed by atoms with E-state index in [2.05, 4.69) is 20.4 Å². The third-order valence-electron chi connectivity index (χ3n) is 3.61. The van der Waals surface area contributed by atoms with E-state index in [1.807, 2.05) is 0 Å². The number of benzene rings is 2.